The highest BCUT2D eigenvalue weighted by Gasteiger charge is 2.51. The number of halogens is 3. The topological polar surface area (TPSA) is 26.7 Å². The van der Waals surface area contributed by atoms with Crippen LogP contribution in [0.4, 0.5) is 13.2 Å². The summed E-state index contributed by atoms with van der Waals surface area (Å²) in [6.07, 6.45) is -2.52. The minimum Gasteiger partial charge on any atom is -0.508 e. The predicted octanol–water partition coefficient (Wildman–Crippen LogP) is 4.43. The fraction of sp³-hybridized carbons (Fsp3) is 0.478. The van der Waals surface area contributed by atoms with Gasteiger partial charge in [-0.1, -0.05) is 31.2 Å². The van der Waals surface area contributed by atoms with Crippen LogP contribution in [0.2, 0.25) is 0 Å². The number of phenolic OH excluding ortho intramolecular Hbond substituents is 1. The SMILES string of the molecule is CN1CC[C@]2(C)c3cc(O)ccc3C[C@@H]1[C@@H]2N(C)Cc1cccc(C(F)(F)F)c1. The second-order valence-corrected chi connectivity index (χ2v) is 8.82. The highest BCUT2D eigenvalue weighted by atomic mass is 19.4. The standard InChI is InChI=1S/C23H27F3N2O/c1-22-9-10-27(2)20(12-16-7-8-18(29)13-19(16)22)21(22)28(3)14-15-5-4-6-17(11-15)23(24,25)26/h4-8,11,13,20-21,29H,9-10,12,14H2,1-3H3/t20-,21+,22-/m1/s1. The van der Waals surface area contributed by atoms with Crippen molar-refractivity contribution < 1.29 is 18.3 Å². The van der Waals surface area contributed by atoms with E-state index >= 15 is 0 Å². The van der Waals surface area contributed by atoms with E-state index in [1.54, 1.807) is 12.1 Å². The Labute approximate surface area is 169 Å². The van der Waals surface area contributed by atoms with Crippen molar-refractivity contribution in [1.82, 2.24) is 9.80 Å². The van der Waals surface area contributed by atoms with Crippen LogP contribution in [-0.2, 0) is 24.6 Å². The summed E-state index contributed by atoms with van der Waals surface area (Å²) >= 11 is 0. The summed E-state index contributed by atoms with van der Waals surface area (Å²) in [4.78, 5) is 4.56. The predicted molar refractivity (Wildman–Crippen MR) is 107 cm³/mol. The van der Waals surface area contributed by atoms with Gasteiger partial charge in [-0.25, -0.2) is 0 Å². The molecule has 4 rings (SSSR count). The van der Waals surface area contributed by atoms with Crippen molar-refractivity contribution >= 4 is 0 Å². The molecule has 0 aromatic heterocycles. The number of piperidine rings is 1. The molecule has 1 fully saturated rings. The van der Waals surface area contributed by atoms with Crippen molar-refractivity contribution in [3.05, 3.63) is 64.7 Å². The summed E-state index contributed by atoms with van der Waals surface area (Å²) in [7, 11) is 4.13. The minimum atomic E-state index is -4.33. The van der Waals surface area contributed by atoms with E-state index in [0.717, 1.165) is 25.5 Å². The van der Waals surface area contributed by atoms with Crippen LogP contribution < -0.4 is 0 Å². The van der Waals surface area contributed by atoms with Gasteiger partial charge in [-0.15, -0.1) is 0 Å². The average molecular weight is 404 g/mol. The number of phenols is 1. The molecule has 1 N–H and O–H groups in total. The maximum Gasteiger partial charge on any atom is 0.416 e. The monoisotopic (exact) mass is 404 g/mol. The average Bonchev–Trinajstić information content (AvgIpc) is 2.65. The first kappa shape index (κ1) is 20.2. The fourth-order valence-corrected chi connectivity index (χ4v) is 5.46. The molecule has 29 heavy (non-hydrogen) atoms. The van der Waals surface area contributed by atoms with Gasteiger partial charge in [0.2, 0.25) is 0 Å². The van der Waals surface area contributed by atoms with Gasteiger partial charge < -0.3 is 10.0 Å². The van der Waals surface area contributed by atoms with Crippen molar-refractivity contribution in [3.8, 4) is 5.75 Å². The second kappa shape index (κ2) is 7.03. The van der Waals surface area contributed by atoms with Gasteiger partial charge in [-0.05, 0) is 68.4 Å². The van der Waals surface area contributed by atoms with Crippen molar-refractivity contribution in [3.63, 3.8) is 0 Å². The van der Waals surface area contributed by atoms with E-state index in [1.165, 1.54) is 23.3 Å². The van der Waals surface area contributed by atoms with E-state index in [1.807, 2.05) is 19.2 Å². The molecule has 6 heteroatoms. The maximum atomic E-state index is 13.1. The first-order chi connectivity index (χ1) is 13.6. The molecule has 1 heterocycles. The fourth-order valence-electron chi connectivity index (χ4n) is 5.46. The van der Waals surface area contributed by atoms with Crippen LogP contribution in [0, 0.1) is 0 Å². The lowest BCUT2D eigenvalue weighted by atomic mass is 9.61. The number of rotatable bonds is 3. The molecule has 1 aliphatic carbocycles. The van der Waals surface area contributed by atoms with Crippen molar-refractivity contribution in [2.24, 2.45) is 0 Å². The Kier molecular flexibility index (Phi) is 4.90. The van der Waals surface area contributed by atoms with Gasteiger partial charge in [0.05, 0.1) is 5.56 Å². The quantitative estimate of drug-likeness (QED) is 0.820. The van der Waals surface area contributed by atoms with Crippen LogP contribution in [-0.4, -0.2) is 47.6 Å². The second-order valence-electron chi connectivity index (χ2n) is 8.82. The van der Waals surface area contributed by atoms with E-state index in [0.29, 0.717) is 12.1 Å². The van der Waals surface area contributed by atoms with Crippen LogP contribution in [0.1, 0.15) is 35.6 Å². The van der Waals surface area contributed by atoms with Gasteiger partial charge in [-0.3, -0.25) is 4.90 Å². The van der Waals surface area contributed by atoms with Crippen LogP contribution in [0.3, 0.4) is 0 Å². The number of hydrogen-bond acceptors (Lipinski definition) is 3. The van der Waals surface area contributed by atoms with Crippen LogP contribution in [0.15, 0.2) is 42.5 Å². The van der Waals surface area contributed by atoms with Crippen LogP contribution in [0.5, 0.6) is 5.75 Å². The molecular weight excluding hydrogens is 377 g/mol. The van der Waals surface area contributed by atoms with E-state index in [9.17, 15) is 18.3 Å². The normalized spacial score (nSPS) is 27.1. The zero-order valence-electron chi connectivity index (χ0n) is 17.0. The van der Waals surface area contributed by atoms with E-state index in [-0.39, 0.29) is 23.2 Å². The number of benzene rings is 2. The number of fused-ring (bicyclic) bond motifs is 4. The van der Waals surface area contributed by atoms with Gasteiger partial charge in [0.25, 0.3) is 0 Å². The number of likely N-dealkylation sites (tertiary alicyclic amines) is 1. The Balaban J connectivity index is 1.68. The van der Waals surface area contributed by atoms with E-state index in [4.69, 9.17) is 0 Å². The lowest BCUT2D eigenvalue weighted by molar-refractivity contribution is -0.137. The zero-order chi connectivity index (χ0) is 21.0. The highest BCUT2D eigenvalue weighted by Crippen LogP contribution is 2.47. The molecule has 156 valence electrons. The first-order valence-electron chi connectivity index (χ1n) is 9.98. The highest BCUT2D eigenvalue weighted by molar-refractivity contribution is 5.45. The molecule has 0 saturated carbocycles. The Morgan fingerprint density at radius 2 is 1.97 bits per heavy atom. The lowest BCUT2D eigenvalue weighted by Gasteiger charge is -2.57. The molecule has 1 saturated heterocycles. The summed E-state index contributed by atoms with van der Waals surface area (Å²) in [5.74, 6) is 0.265. The van der Waals surface area contributed by atoms with Crippen LogP contribution >= 0.6 is 0 Å². The van der Waals surface area contributed by atoms with Crippen molar-refractivity contribution in [2.75, 3.05) is 20.6 Å². The Hall–Kier alpha value is -2.05. The summed E-state index contributed by atoms with van der Waals surface area (Å²) < 4.78 is 39.4. The first-order valence-corrected chi connectivity index (χ1v) is 9.98. The summed E-state index contributed by atoms with van der Waals surface area (Å²) in [5.41, 5.74) is 2.31. The van der Waals surface area contributed by atoms with Crippen LogP contribution in [0.25, 0.3) is 0 Å². The summed E-state index contributed by atoms with van der Waals surface area (Å²) in [6, 6.07) is 11.7. The van der Waals surface area contributed by atoms with Gasteiger partial charge in [0.1, 0.15) is 5.75 Å². The van der Waals surface area contributed by atoms with Gasteiger partial charge in [0, 0.05) is 24.0 Å². The molecule has 3 atom stereocenters. The molecule has 0 radical (unpaired) electrons. The van der Waals surface area contributed by atoms with Gasteiger partial charge in [-0.2, -0.15) is 13.2 Å². The van der Waals surface area contributed by atoms with Gasteiger partial charge >= 0.3 is 6.18 Å². The number of nitrogens with zero attached hydrogens (tertiary/aromatic N) is 2. The smallest absolute Gasteiger partial charge is 0.416 e. The number of aromatic hydroxyl groups is 1. The number of hydrogen-bond donors (Lipinski definition) is 1. The molecule has 1 aliphatic heterocycles. The minimum absolute atomic E-state index is 0.144. The number of likely N-dealkylation sites (N-methyl/N-ethyl adjacent to an activating group) is 2. The summed E-state index contributed by atoms with van der Waals surface area (Å²) in [6.45, 7) is 3.64. The third-order valence-electron chi connectivity index (χ3n) is 6.87. The molecular formula is C23H27F3N2O. The zero-order valence-corrected chi connectivity index (χ0v) is 17.0. The number of alkyl halides is 3. The summed E-state index contributed by atoms with van der Waals surface area (Å²) in [5, 5.41) is 10.1. The molecule has 0 unspecified atom stereocenters. The maximum absolute atomic E-state index is 13.1. The molecule has 3 nitrogen and oxygen atoms in total. The Morgan fingerprint density at radius 3 is 2.69 bits per heavy atom. The van der Waals surface area contributed by atoms with E-state index in [2.05, 4.69) is 23.8 Å². The van der Waals surface area contributed by atoms with Gasteiger partial charge in [0.15, 0.2) is 0 Å². The lowest BCUT2D eigenvalue weighted by Crippen LogP contribution is -2.66. The third-order valence-corrected chi connectivity index (χ3v) is 6.87. The molecule has 2 aromatic carbocycles. The van der Waals surface area contributed by atoms with Crippen molar-refractivity contribution in [2.45, 2.75) is 50.0 Å². The molecule has 2 aromatic rings. The Bertz CT molecular complexity index is 913. The third kappa shape index (κ3) is 3.53. The molecule has 2 bridgehead atoms. The largest absolute Gasteiger partial charge is 0.508 e. The van der Waals surface area contributed by atoms with E-state index < -0.39 is 11.7 Å². The Morgan fingerprint density at radius 1 is 1.21 bits per heavy atom. The molecule has 0 spiro atoms. The molecule has 2 aliphatic rings. The molecule has 0 amide bonds. The van der Waals surface area contributed by atoms with Crippen molar-refractivity contribution in [1.29, 1.82) is 0 Å².